The molecule has 0 bridgehead atoms. The van der Waals surface area contributed by atoms with Crippen LogP contribution in [0.25, 0.3) is 0 Å². The van der Waals surface area contributed by atoms with Gasteiger partial charge in [0.2, 0.25) is 0 Å². The van der Waals surface area contributed by atoms with Crippen LogP contribution in [0.2, 0.25) is 0 Å². The van der Waals surface area contributed by atoms with E-state index in [0.717, 1.165) is 13.2 Å². The van der Waals surface area contributed by atoms with Gasteiger partial charge in [-0.2, -0.15) is 0 Å². The summed E-state index contributed by atoms with van der Waals surface area (Å²) in [5.74, 6) is 0. The van der Waals surface area contributed by atoms with Gasteiger partial charge in [-0.25, -0.2) is 0 Å². The van der Waals surface area contributed by atoms with Crippen LogP contribution in [0.1, 0.15) is 30.4 Å². The van der Waals surface area contributed by atoms with Gasteiger partial charge < -0.3 is 10.1 Å². The monoisotopic (exact) mass is 211 g/mol. The third-order valence-electron chi connectivity index (χ3n) is 2.61. The molecule has 1 saturated heterocycles. The van der Waals surface area contributed by atoms with Gasteiger partial charge in [-0.1, -0.05) is 0 Å². The predicted molar refractivity (Wildman–Crippen MR) is 59.8 cm³/mol. The molecule has 1 unspecified atom stereocenters. The molecule has 0 aliphatic carbocycles. The summed E-state index contributed by atoms with van der Waals surface area (Å²) in [4.78, 5) is 1.37. The molecule has 0 aromatic carbocycles. The summed E-state index contributed by atoms with van der Waals surface area (Å²) in [5.41, 5.74) is 1.48. The molecule has 3 heteroatoms. The largest absolute Gasteiger partial charge is 0.369 e. The number of aryl methyl sites for hydroxylation is 1. The summed E-state index contributed by atoms with van der Waals surface area (Å²) in [7, 11) is 0. The Morgan fingerprint density at radius 2 is 2.36 bits per heavy atom. The molecule has 78 valence electrons. The van der Waals surface area contributed by atoms with E-state index in [9.17, 15) is 0 Å². The topological polar surface area (TPSA) is 21.3 Å². The van der Waals surface area contributed by atoms with Crippen molar-refractivity contribution >= 4 is 11.3 Å². The molecule has 1 fully saturated rings. The minimum Gasteiger partial charge on any atom is -0.369 e. The van der Waals surface area contributed by atoms with Crippen LogP contribution < -0.4 is 5.32 Å². The lowest BCUT2D eigenvalue weighted by Crippen LogP contribution is -2.50. The molecular formula is C11H17NOS. The van der Waals surface area contributed by atoms with Crippen molar-refractivity contribution in [2.75, 3.05) is 13.2 Å². The van der Waals surface area contributed by atoms with Gasteiger partial charge in [0.05, 0.1) is 6.61 Å². The molecule has 2 rings (SSSR count). The Hall–Kier alpha value is -0.380. The number of nitrogens with one attached hydrogen (secondary N) is 1. The Kier molecular flexibility index (Phi) is 2.64. The highest BCUT2D eigenvalue weighted by Crippen LogP contribution is 2.29. The van der Waals surface area contributed by atoms with Gasteiger partial charge in [0.25, 0.3) is 0 Å². The lowest BCUT2D eigenvalue weighted by molar-refractivity contribution is -0.0213. The SMILES string of the molecule is Cc1ccsc1C1CNC(C)(C)CO1. The summed E-state index contributed by atoms with van der Waals surface area (Å²) < 4.78 is 5.87. The summed E-state index contributed by atoms with van der Waals surface area (Å²) >= 11 is 1.79. The van der Waals surface area contributed by atoms with E-state index in [1.54, 1.807) is 11.3 Å². The Labute approximate surface area is 89.3 Å². The molecule has 0 spiro atoms. The highest BCUT2D eigenvalue weighted by Gasteiger charge is 2.28. The molecule has 1 aliphatic heterocycles. The Morgan fingerprint density at radius 1 is 1.57 bits per heavy atom. The summed E-state index contributed by atoms with van der Waals surface area (Å²) in [6, 6.07) is 2.16. The second-order valence-corrected chi connectivity index (χ2v) is 5.48. The molecule has 1 aliphatic rings. The predicted octanol–water partition coefficient (Wildman–Crippen LogP) is 2.50. The second-order valence-electron chi connectivity index (χ2n) is 4.53. The highest BCUT2D eigenvalue weighted by atomic mass is 32.1. The van der Waals surface area contributed by atoms with Crippen molar-refractivity contribution < 1.29 is 4.74 Å². The summed E-state index contributed by atoms with van der Waals surface area (Å²) in [6.07, 6.45) is 0.253. The van der Waals surface area contributed by atoms with Gasteiger partial charge in [0.15, 0.2) is 0 Å². The fraction of sp³-hybridized carbons (Fsp3) is 0.636. The zero-order valence-corrected chi connectivity index (χ0v) is 9.78. The quantitative estimate of drug-likeness (QED) is 0.770. The van der Waals surface area contributed by atoms with Crippen LogP contribution in [0.5, 0.6) is 0 Å². The van der Waals surface area contributed by atoms with Gasteiger partial charge in [0.1, 0.15) is 6.10 Å². The summed E-state index contributed by atoms with van der Waals surface area (Å²) in [5, 5.41) is 5.64. The van der Waals surface area contributed by atoms with E-state index in [2.05, 4.69) is 37.5 Å². The van der Waals surface area contributed by atoms with E-state index in [1.807, 2.05) is 0 Å². The van der Waals surface area contributed by atoms with Crippen molar-refractivity contribution in [3.8, 4) is 0 Å². The zero-order chi connectivity index (χ0) is 10.2. The fourth-order valence-corrected chi connectivity index (χ4v) is 2.65. The van der Waals surface area contributed by atoms with Gasteiger partial charge >= 0.3 is 0 Å². The lowest BCUT2D eigenvalue weighted by Gasteiger charge is -2.35. The van der Waals surface area contributed by atoms with Gasteiger partial charge in [-0.3, -0.25) is 0 Å². The van der Waals surface area contributed by atoms with Crippen LogP contribution in [0.4, 0.5) is 0 Å². The number of morpholine rings is 1. The molecule has 14 heavy (non-hydrogen) atoms. The molecule has 0 amide bonds. The van der Waals surface area contributed by atoms with Crippen LogP contribution in [-0.4, -0.2) is 18.7 Å². The first-order chi connectivity index (χ1) is 6.58. The Balaban J connectivity index is 2.06. The minimum absolute atomic E-state index is 0.127. The van der Waals surface area contributed by atoms with Crippen LogP contribution in [-0.2, 0) is 4.74 Å². The smallest absolute Gasteiger partial charge is 0.104 e. The average molecular weight is 211 g/mol. The fourth-order valence-electron chi connectivity index (χ4n) is 1.67. The number of hydrogen-bond acceptors (Lipinski definition) is 3. The van der Waals surface area contributed by atoms with Gasteiger partial charge in [-0.05, 0) is 37.8 Å². The maximum Gasteiger partial charge on any atom is 0.104 e. The first-order valence-corrected chi connectivity index (χ1v) is 5.87. The highest BCUT2D eigenvalue weighted by molar-refractivity contribution is 7.10. The standard InChI is InChI=1S/C11H17NOS/c1-8-4-5-14-10(8)9-6-12-11(2,3)7-13-9/h4-5,9,12H,6-7H2,1-3H3. The first kappa shape index (κ1) is 10.1. The molecule has 0 saturated carbocycles. The molecule has 2 nitrogen and oxygen atoms in total. The second kappa shape index (κ2) is 3.65. The number of thiophene rings is 1. The molecule has 1 N–H and O–H groups in total. The first-order valence-electron chi connectivity index (χ1n) is 4.99. The summed E-state index contributed by atoms with van der Waals surface area (Å²) in [6.45, 7) is 8.20. The van der Waals surface area contributed by atoms with Gasteiger partial charge in [-0.15, -0.1) is 11.3 Å². The van der Waals surface area contributed by atoms with Crippen molar-refractivity contribution in [3.63, 3.8) is 0 Å². The Morgan fingerprint density at radius 3 is 2.86 bits per heavy atom. The van der Waals surface area contributed by atoms with E-state index in [4.69, 9.17) is 4.74 Å². The normalized spacial score (nSPS) is 26.4. The average Bonchev–Trinajstić information content (AvgIpc) is 2.52. The minimum atomic E-state index is 0.127. The van der Waals surface area contributed by atoms with Crippen molar-refractivity contribution in [1.82, 2.24) is 5.32 Å². The molecule has 1 atom stereocenters. The number of ether oxygens (including phenoxy) is 1. The molecule has 2 heterocycles. The molecular weight excluding hydrogens is 194 g/mol. The van der Waals surface area contributed by atoms with Crippen molar-refractivity contribution in [2.45, 2.75) is 32.4 Å². The van der Waals surface area contributed by atoms with Crippen LogP contribution in [0, 0.1) is 6.92 Å². The third kappa shape index (κ3) is 2.00. The van der Waals surface area contributed by atoms with E-state index >= 15 is 0 Å². The molecule has 1 aromatic rings. The lowest BCUT2D eigenvalue weighted by atomic mass is 10.0. The van der Waals surface area contributed by atoms with E-state index in [0.29, 0.717) is 0 Å². The van der Waals surface area contributed by atoms with Crippen molar-refractivity contribution in [1.29, 1.82) is 0 Å². The number of rotatable bonds is 1. The van der Waals surface area contributed by atoms with Crippen molar-refractivity contribution in [2.24, 2.45) is 0 Å². The molecule has 0 radical (unpaired) electrons. The van der Waals surface area contributed by atoms with Crippen LogP contribution in [0.3, 0.4) is 0 Å². The zero-order valence-electron chi connectivity index (χ0n) is 8.96. The maximum absolute atomic E-state index is 5.87. The van der Waals surface area contributed by atoms with Crippen LogP contribution >= 0.6 is 11.3 Å². The third-order valence-corrected chi connectivity index (χ3v) is 3.72. The van der Waals surface area contributed by atoms with E-state index in [-0.39, 0.29) is 11.6 Å². The number of hydrogen-bond donors (Lipinski definition) is 1. The van der Waals surface area contributed by atoms with Gasteiger partial charge in [0, 0.05) is 17.0 Å². The van der Waals surface area contributed by atoms with Crippen molar-refractivity contribution in [3.05, 3.63) is 21.9 Å². The Bertz CT molecular complexity index is 309. The van der Waals surface area contributed by atoms with E-state index in [1.165, 1.54) is 10.4 Å². The van der Waals surface area contributed by atoms with E-state index < -0.39 is 0 Å². The maximum atomic E-state index is 5.87. The van der Waals surface area contributed by atoms with Crippen LogP contribution in [0.15, 0.2) is 11.4 Å². The molecule has 1 aromatic heterocycles.